The van der Waals surface area contributed by atoms with E-state index in [4.69, 9.17) is 0 Å². The van der Waals surface area contributed by atoms with Gasteiger partial charge < -0.3 is 4.90 Å². The number of anilines is 1. The molecule has 0 amide bonds. The molecule has 4 rings (SSSR count). The Hall–Kier alpha value is -1.93. The van der Waals surface area contributed by atoms with E-state index in [2.05, 4.69) is 9.97 Å². The molecule has 0 unspecified atom stereocenters. The first-order chi connectivity index (χ1) is 11.6. The van der Waals surface area contributed by atoms with Crippen molar-refractivity contribution in [2.75, 3.05) is 31.1 Å². The Morgan fingerprint density at radius 2 is 1.88 bits per heavy atom. The van der Waals surface area contributed by atoms with Crippen LogP contribution in [-0.2, 0) is 10.0 Å². The Bertz CT molecular complexity index is 918. The number of hydrogen-bond acceptors (Lipinski definition) is 5. The molecule has 2 aliphatic rings. The third-order valence-corrected chi connectivity index (χ3v) is 7.20. The van der Waals surface area contributed by atoms with Crippen LogP contribution in [-0.4, -0.2) is 54.1 Å². The standard InChI is InChI=1S/C16H20N4O3S/c21-15-13-5-1-2-6-14(13)17-16(18-15)19-10-7-12(11-19)24(22,23)20-8-3-4-9-20/h1-2,5-6,12H,3-4,7-11H2,(H,17,18,21)/t12-/m0/s1. The molecule has 3 heterocycles. The molecule has 24 heavy (non-hydrogen) atoms. The first-order valence-electron chi connectivity index (χ1n) is 8.29. The largest absolute Gasteiger partial charge is 0.341 e. The summed E-state index contributed by atoms with van der Waals surface area (Å²) in [5.41, 5.74) is 0.434. The van der Waals surface area contributed by atoms with Crippen LogP contribution in [0, 0.1) is 0 Å². The van der Waals surface area contributed by atoms with Crippen LogP contribution < -0.4 is 10.5 Å². The molecule has 2 fully saturated rings. The minimum atomic E-state index is -3.26. The van der Waals surface area contributed by atoms with Crippen molar-refractivity contribution in [2.45, 2.75) is 24.5 Å². The van der Waals surface area contributed by atoms with E-state index >= 15 is 0 Å². The van der Waals surface area contributed by atoms with Crippen LogP contribution in [0.5, 0.6) is 0 Å². The average molecular weight is 348 g/mol. The van der Waals surface area contributed by atoms with E-state index in [1.165, 1.54) is 0 Å². The van der Waals surface area contributed by atoms with Gasteiger partial charge >= 0.3 is 0 Å². The minimum Gasteiger partial charge on any atom is -0.341 e. The molecule has 128 valence electrons. The summed E-state index contributed by atoms with van der Waals surface area (Å²) in [4.78, 5) is 21.3. The molecule has 0 aliphatic carbocycles. The quantitative estimate of drug-likeness (QED) is 0.892. The minimum absolute atomic E-state index is 0.193. The fraction of sp³-hybridized carbons (Fsp3) is 0.500. The van der Waals surface area contributed by atoms with Crippen molar-refractivity contribution < 1.29 is 8.42 Å². The zero-order valence-corrected chi connectivity index (χ0v) is 14.1. The third-order valence-electron chi connectivity index (χ3n) is 4.89. The van der Waals surface area contributed by atoms with Gasteiger partial charge in [0.1, 0.15) is 0 Å². The lowest BCUT2D eigenvalue weighted by atomic mass is 10.2. The molecule has 0 spiro atoms. The molecule has 1 aromatic heterocycles. The van der Waals surface area contributed by atoms with Gasteiger partial charge in [-0.25, -0.2) is 17.7 Å². The van der Waals surface area contributed by atoms with Crippen molar-refractivity contribution in [3.05, 3.63) is 34.6 Å². The summed E-state index contributed by atoms with van der Waals surface area (Å²) in [6, 6.07) is 7.16. The predicted octanol–water partition coefficient (Wildman–Crippen LogP) is 0.927. The summed E-state index contributed by atoms with van der Waals surface area (Å²) in [5.74, 6) is 0.456. The molecule has 0 bridgehead atoms. The first-order valence-corrected chi connectivity index (χ1v) is 9.79. The van der Waals surface area contributed by atoms with Crippen molar-refractivity contribution in [3.8, 4) is 0 Å². The number of para-hydroxylation sites is 1. The SMILES string of the molecule is O=c1[nH]c(N2CC[C@H](S(=O)(=O)N3CCCC3)C2)nc2ccccc12. The summed E-state index contributed by atoms with van der Waals surface area (Å²) in [7, 11) is -3.26. The number of fused-ring (bicyclic) bond motifs is 1. The van der Waals surface area contributed by atoms with E-state index < -0.39 is 15.3 Å². The Morgan fingerprint density at radius 3 is 2.67 bits per heavy atom. The van der Waals surface area contributed by atoms with Gasteiger partial charge in [-0.2, -0.15) is 0 Å². The lowest BCUT2D eigenvalue weighted by molar-refractivity contribution is 0.467. The van der Waals surface area contributed by atoms with Crippen molar-refractivity contribution in [1.82, 2.24) is 14.3 Å². The first kappa shape index (κ1) is 15.6. The monoisotopic (exact) mass is 348 g/mol. The van der Waals surface area contributed by atoms with E-state index in [1.807, 2.05) is 11.0 Å². The van der Waals surface area contributed by atoms with E-state index in [0.717, 1.165) is 12.8 Å². The van der Waals surface area contributed by atoms with Crippen molar-refractivity contribution in [1.29, 1.82) is 0 Å². The average Bonchev–Trinajstić information content (AvgIpc) is 3.27. The Kier molecular flexibility index (Phi) is 3.80. The molecular weight excluding hydrogens is 328 g/mol. The molecule has 7 nitrogen and oxygen atoms in total. The fourth-order valence-corrected chi connectivity index (χ4v) is 5.50. The number of aromatic nitrogens is 2. The molecule has 0 radical (unpaired) electrons. The van der Waals surface area contributed by atoms with Crippen LogP contribution in [0.1, 0.15) is 19.3 Å². The van der Waals surface area contributed by atoms with Gasteiger partial charge in [0.25, 0.3) is 5.56 Å². The van der Waals surface area contributed by atoms with Crippen LogP contribution >= 0.6 is 0 Å². The molecule has 2 saturated heterocycles. The predicted molar refractivity (Wildman–Crippen MR) is 92.7 cm³/mol. The van der Waals surface area contributed by atoms with E-state index in [1.54, 1.807) is 22.5 Å². The van der Waals surface area contributed by atoms with E-state index in [9.17, 15) is 13.2 Å². The van der Waals surface area contributed by atoms with E-state index in [-0.39, 0.29) is 5.56 Å². The maximum absolute atomic E-state index is 12.7. The van der Waals surface area contributed by atoms with Gasteiger partial charge in [0.2, 0.25) is 16.0 Å². The molecule has 1 aromatic carbocycles. The molecule has 0 saturated carbocycles. The van der Waals surface area contributed by atoms with Crippen LogP contribution in [0.15, 0.2) is 29.1 Å². The number of hydrogen-bond donors (Lipinski definition) is 1. The van der Waals surface area contributed by atoms with Crippen molar-refractivity contribution >= 4 is 26.9 Å². The number of nitrogens with one attached hydrogen (secondary N) is 1. The summed E-state index contributed by atoms with van der Waals surface area (Å²) in [6.45, 7) is 2.22. The molecule has 1 N–H and O–H groups in total. The van der Waals surface area contributed by atoms with Gasteiger partial charge in [0.05, 0.1) is 16.2 Å². The summed E-state index contributed by atoms with van der Waals surface area (Å²) < 4.78 is 27.0. The topological polar surface area (TPSA) is 86.4 Å². The lowest BCUT2D eigenvalue weighted by Crippen LogP contribution is -2.38. The van der Waals surface area contributed by atoms with Crippen molar-refractivity contribution in [3.63, 3.8) is 0 Å². The number of aromatic amines is 1. The van der Waals surface area contributed by atoms with Gasteiger partial charge in [-0.15, -0.1) is 0 Å². The normalized spacial score (nSPS) is 22.5. The summed E-state index contributed by atoms with van der Waals surface area (Å²) in [5, 5.41) is 0.119. The second kappa shape index (κ2) is 5.86. The van der Waals surface area contributed by atoms with Gasteiger partial charge in [0.15, 0.2) is 0 Å². The highest BCUT2D eigenvalue weighted by Crippen LogP contribution is 2.25. The van der Waals surface area contributed by atoms with E-state index in [0.29, 0.717) is 49.5 Å². The highest BCUT2D eigenvalue weighted by Gasteiger charge is 2.38. The second-order valence-electron chi connectivity index (χ2n) is 6.41. The third kappa shape index (κ3) is 2.59. The molecule has 2 aromatic rings. The Morgan fingerprint density at radius 1 is 1.12 bits per heavy atom. The smallest absolute Gasteiger partial charge is 0.260 e. The van der Waals surface area contributed by atoms with Gasteiger partial charge in [-0.05, 0) is 31.4 Å². The summed E-state index contributed by atoms with van der Waals surface area (Å²) in [6.07, 6.45) is 2.44. The van der Waals surface area contributed by atoms with Crippen molar-refractivity contribution in [2.24, 2.45) is 0 Å². The molecule has 1 atom stereocenters. The van der Waals surface area contributed by atoms with Crippen LogP contribution in [0.3, 0.4) is 0 Å². The highest BCUT2D eigenvalue weighted by molar-refractivity contribution is 7.89. The van der Waals surface area contributed by atoms with Crippen LogP contribution in [0.25, 0.3) is 10.9 Å². The number of rotatable bonds is 3. The zero-order valence-electron chi connectivity index (χ0n) is 13.3. The number of benzene rings is 1. The number of sulfonamides is 1. The van der Waals surface area contributed by atoms with Crippen LogP contribution in [0.2, 0.25) is 0 Å². The van der Waals surface area contributed by atoms with Gasteiger partial charge in [0, 0.05) is 26.2 Å². The maximum atomic E-state index is 12.7. The Labute approximate surface area is 140 Å². The number of nitrogens with zero attached hydrogens (tertiary/aromatic N) is 3. The highest BCUT2D eigenvalue weighted by atomic mass is 32.2. The number of H-pyrrole nitrogens is 1. The van der Waals surface area contributed by atoms with Gasteiger partial charge in [-0.3, -0.25) is 9.78 Å². The Balaban J connectivity index is 1.60. The maximum Gasteiger partial charge on any atom is 0.260 e. The molecular formula is C16H20N4O3S. The fourth-order valence-electron chi connectivity index (χ4n) is 3.54. The lowest BCUT2D eigenvalue weighted by Gasteiger charge is -2.21. The second-order valence-corrected chi connectivity index (χ2v) is 8.63. The molecule has 2 aliphatic heterocycles. The summed E-state index contributed by atoms with van der Waals surface area (Å²) >= 11 is 0. The molecule has 8 heteroatoms. The van der Waals surface area contributed by atoms with Gasteiger partial charge in [-0.1, -0.05) is 12.1 Å². The zero-order chi connectivity index (χ0) is 16.7. The van der Waals surface area contributed by atoms with Crippen LogP contribution in [0.4, 0.5) is 5.95 Å².